The van der Waals surface area contributed by atoms with Crippen LogP contribution in [-0.2, 0) is 6.42 Å². The Balaban J connectivity index is 2.13. The molecule has 0 saturated carbocycles. The molecule has 2 nitrogen and oxygen atoms in total. The van der Waals surface area contributed by atoms with E-state index in [2.05, 4.69) is 24.4 Å². The molecule has 0 saturated heterocycles. The summed E-state index contributed by atoms with van der Waals surface area (Å²) in [7, 11) is 0. The molecule has 1 aromatic carbocycles. The van der Waals surface area contributed by atoms with Crippen LogP contribution in [0.2, 0.25) is 0 Å². The SMILES string of the molecule is CC1CNc2ccc3c(c21)CCCCO3. The number of nitrogens with one attached hydrogen (secondary N) is 1. The van der Waals surface area contributed by atoms with Gasteiger partial charge >= 0.3 is 0 Å². The lowest BCUT2D eigenvalue weighted by atomic mass is 9.94. The van der Waals surface area contributed by atoms with Gasteiger partial charge in [-0.1, -0.05) is 6.92 Å². The molecule has 0 amide bonds. The van der Waals surface area contributed by atoms with E-state index in [4.69, 9.17) is 4.74 Å². The van der Waals surface area contributed by atoms with Crippen molar-refractivity contribution in [2.45, 2.75) is 32.1 Å². The van der Waals surface area contributed by atoms with Crippen molar-refractivity contribution in [1.29, 1.82) is 0 Å². The van der Waals surface area contributed by atoms with Crippen LogP contribution in [0.1, 0.15) is 36.8 Å². The zero-order valence-corrected chi connectivity index (χ0v) is 9.18. The third kappa shape index (κ3) is 1.39. The fourth-order valence-corrected chi connectivity index (χ4v) is 2.71. The van der Waals surface area contributed by atoms with Crippen molar-refractivity contribution in [1.82, 2.24) is 0 Å². The maximum absolute atomic E-state index is 5.79. The van der Waals surface area contributed by atoms with E-state index in [0.717, 1.165) is 18.9 Å². The molecular weight excluding hydrogens is 186 g/mol. The van der Waals surface area contributed by atoms with Gasteiger partial charge in [-0.05, 0) is 42.5 Å². The second-order valence-electron chi connectivity index (χ2n) is 4.59. The Morgan fingerprint density at radius 1 is 1.33 bits per heavy atom. The molecule has 2 heteroatoms. The maximum Gasteiger partial charge on any atom is 0.122 e. The second-order valence-corrected chi connectivity index (χ2v) is 4.59. The lowest BCUT2D eigenvalue weighted by Gasteiger charge is -2.13. The zero-order valence-electron chi connectivity index (χ0n) is 9.18. The van der Waals surface area contributed by atoms with E-state index in [1.807, 2.05) is 0 Å². The standard InChI is InChI=1S/C13H17NO/c1-9-8-14-11-5-6-12-10(13(9)11)4-2-3-7-15-12/h5-6,9,14H,2-4,7-8H2,1H3. The van der Waals surface area contributed by atoms with Crippen LogP contribution in [0.5, 0.6) is 5.75 Å². The number of benzene rings is 1. The van der Waals surface area contributed by atoms with Gasteiger partial charge in [0.1, 0.15) is 5.75 Å². The van der Waals surface area contributed by atoms with Crippen LogP contribution in [0.4, 0.5) is 5.69 Å². The third-order valence-electron chi connectivity index (χ3n) is 3.48. The predicted molar refractivity (Wildman–Crippen MR) is 61.8 cm³/mol. The molecule has 1 aromatic rings. The Hall–Kier alpha value is -1.18. The molecule has 0 fully saturated rings. The number of rotatable bonds is 0. The molecule has 0 aromatic heterocycles. The highest BCUT2D eigenvalue weighted by Gasteiger charge is 2.24. The summed E-state index contributed by atoms with van der Waals surface area (Å²) in [6.07, 6.45) is 3.63. The molecule has 2 heterocycles. The molecule has 1 unspecified atom stereocenters. The van der Waals surface area contributed by atoms with E-state index in [-0.39, 0.29) is 0 Å². The van der Waals surface area contributed by atoms with Gasteiger partial charge in [0.05, 0.1) is 6.61 Å². The van der Waals surface area contributed by atoms with Gasteiger partial charge in [-0.15, -0.1) is 0 Å². The Bertz CT molecular complexity index is 386. The number of ether oxygens (including phenoxy) is 1. The normalized spacial score (nSPS) is 23.4. The van der Waals surface area contributed by atoms with Gasteiger partial charge in [-0.3, -0.25) is 0 Å². The maximum atomic E-state index is 5.79. The average Bonchev–Trinajstić information content (AvgIpc) is 2.51. The van der Waals surface area contributed by atoms with E-state index in [0.29, 0.717) is 5.92 Å². The molecule has 3 rings (SSSR count). The quantitative estimate of drug-likeness (QED) is 0.700. The van der Waals surface area contributed by atoms with Crippen LogP contribution in [0.15, 0.2) is 12.1 Å². The van der Waals surface area contributed by atoms with Crippen molar-refractivity contribution in [3.8, 4) is 5.75 Å². The zero-order chi connectivity index (χ0) is 10.3. The van der Waals surface area contributed by atoms with E-state index >= 15 is 0 Å². The van der Waals surface area contributed by atoms with Crippen LogP contribution in [0, 0.1) is 0 Å². The molecule has 2 aliphatic heterocycles. The van der Waals surface area contributed by atoms with E-state index in [1.165, 1.54) is 36.1 Å². The van der Waals surface area contributed by atoms with Crippen molar-refractivity contribution in [3.05, 3.63) is 23.3 Å². The topological polar surface area (TPSA) is 21.3 Å². The molecular formula is C13H17NO. The van der Waals surface area contributed by atoms with Crippen LogP contribution in [0.25, 0.3) is 0 Å². The van der Waals surface area contributed by atoms with Gasteiger partial charge in [0.15, 0.2) is 0 Å². The van der Waals surface area contributed by atoms with E-state index < -0.39 is 0 Å². The van der Waals surface area contributed by atoms with Gasteiger partial charge in [0.25, 0.3) is 0 Å². The molecule has 80 valence electrons. The summed E-state index contributed by atoms with van der Waals surface area (Å²) in [4.78, 5) is 0. The first kappa shape index (κ1) is 9.08. The van der Waals surface area contributed by atoms with Crippen molar-refractivity contribution >= 4 is 5.69 Å². The van der Waals surface area contributed by atoms with Gasteiger partial charge in [0, 0.05) is 18.2 Å². The first-order chi connectivity index (χ1) is 7.36. The van der Waals surface area contributed by atoms with Crippen LogP contribution >= 0.6 is 0 Å². The van der Waals surface area contributed by atoms with Crippen molar-refractivity contribution in [2.24, 2.45) is 0 Å². The monoisotopic (exact) mass is 203 g/mol. The number of hydrogen-bond donors (Lipinski definition) is 1. The predicted octanol–water partition coefficient (Wildman–Crippen LogP) is 2.93. The lowest BCUT2D eigenvalue weighted by Crippen LogP contribution is -1.99. The lowest BCUT2D eigenvalue weighted by molar-refractivity contribution is 0.317. The van der Waals surface area contributed by atoms with Crippen molar-refractivity contribution in [3.63, 3.8) is 0 Å². The Kier molecular flexibility index (Phi) is 2.08. The van der Waals surface area contributed by atoms with Crippen LogP contribution < -0.4 is 10.1 Å². The smallest absolute Gasteiger partial charge is 0.122 e. The highest BCUT2D eigenvalue weighted by Crippen LogP contribution is 2.40. The minimum atomic E-state index is 0.636. The van der Waals surface area contributed by atoms with Gasteiger partial charge < -0.3 is 10.1 Å². The van der Waals surface area contributed by atoms with Crippen molar-refractivity contribution < 1.29 is 4.74 Å². The molecule has 0 radical (unpaired) electrons. The van der Waals surface area contributed by atoms with E-state index in [9.17, 15) is 0 Å². The third-order valence-corrected chi connectivity index (χ3v) is 3.48. The summed E-state index contributed by atoms with van der Waals surface area (Å²) in [6, 6.07) is 4.30. The Morgan fingerprint density at radius 3 is 3.20 bits per heavy atom. The number of hydrogen-bond acceptors (Lipinski definition) is 2. The molecule has 2 aliphatic rings. The van der Waals surface area contributed by atoms with Gasteiger partial charge in [0.2, 0.25) is 0 Å². The van der Waals surface area contributed by atoms with Gasteiger partial charge in [-0.2, -0.15) is 0 Å². The van der Waals surface area contributed by atoms with Crippen LogP contribution in [0.3, 0.4) is 0 Å². The molecule has 0 aliphatic carbocycles. The van der Waals surface area contributed by atoms with Crippen LogP contribution in [-0.4, -0.2) is 13.2 Å². The molecule has 1 N–H and O–H groups in total. The minimum Gasteiger partial charge on any atom is -0.493 e. The first-order valence-electron chi connectivity index (χ1n) is 5.88. The van der Waals surface area contributed by atoms with Gasteiger partial charge in [-0.25, -0.2) is 0 Å². The molecule has 0 spiro atoms. The highest BCUT2D eigenvalue weighted by molar-refractivity contribution is 5.64. The fraction of sp³-hybridized carbons (Fsp3) is 0.538. The molecule has 0 bridgehead atoms. The Labute approximate surface area is 90.6 Å². The number of anilines is 1. The minimum absolute atomic E-state index is 0.636. The average molecular weight is 203 g/mol. The summed E-state index contributed by atoms with van der Waals surface area (Å²) in [6.45, 7) is 4.25. The summed E-state index contributed by atoms with van der Waals surface area (Å²) in [5.74, 6) is 1.76. The van der Waals surface area contributed by atoms with Crippen molar-refractivity contribution in [2.75, 3.05) is 18.5 Å². The largest absolute Gasteiger partial charge is 0.493 e. The fourth-order valence-electron chi connectivity index (χ4n) is 2.71. The summed E-state index contributed by atoms with van der Waals surface area (Å²) in [5, 5.41) is 3.46. The van der Waals surface area contributed by atoms with E-state index in [1.54, 1.807) is 0 Å². The summed E-state index contributed by atoms with van der Waals surface area (Å²) < 4.78 is 5.79. The molecule has 15 heavy (non-hydrogen) atoms. The highest BCUT2D eigenvalue weighted by atomic mass is 16.5. The second kappa shape index (κ2) is 3.44. The summed E-state index contributed by atoms with van der Waals surface area (Å²) in [5.41, 5.74) is 4.30. The summed E-state index contributed by atoms with van der Waals surface area (Å²) >= 11 is 0. The number of fused-ring (bicyclic) bond motifs is 3. The Morgan fingerprint density at radius 2 is 2.27 bits per heavy atom. The first-order valence-corrected chi connectivity index (χ1v) is 5.88. The molecule has 1 atom stereocenters.